The van der Waals surface area contributed by atoms with Crippen LogP contribution in [0.15, 0.2) is 24.3 Å². The maximum absolute atomic E-state index is 13.6. The van der Waals surface area contributed by atoms with Crippen molar-refractivity contribution in [2.75, 3.05) is 0 Å². The van der Waals surface area contributed by atoms with Crippen molar-refractivity contribution in [2.45, 2.75) is 0 Å². The number of allylic oxidation sites excluding steroid dienone is 2. The Morgan fingerprint density at radius 2 is 0.950 bits per heavy atom. The Morgan fingerprint density at radius 1 is 0.600 bits per heavy atom. The summed E-state index contributed by atoms with van der Waals surface area (Å²) in [7, 11) is 0. The third kappa shape index (κ3) is 1.51. The lowest BCUT2D eigenvalue weighted by atomic mass is 9.91. The van der Waals surface area contributed by atoms with Crippen LogP contribution in [0.5, 0.6) is 0 Å². The Morgan fingerprint density at radius 3 is 1.30 bits per heavy atom. The van der Waals surface area contributed by atoms with Gasteiger partial charge in [0.15, 0.2) is 34.8 Å². The highest BCUT2D eigenvalue weighted by Crippen LogP contribution is 2.31. The molecule has 1 aliphatic rings. The number of carbonyl (C=O) groups is 2. The van der Waals surface area contributed by atoms with E-state index in [-0.39, 0.29) is 11.1 Å². The van der Waals surface area contributed by atoms with Crippen molar-refractivity contribution in [1.29, 1.82) is 0 Å². The third-order valence-corrected chi connectivity index (χ3v) is 3.13. The molecule has 0 fully saturated rings. The Hall–Kier alpha value is -2.50. The van der Waals surface area contributed by atoms with E-state index in [1.807, 2.05) is 0 Å². The molecule has 0 amide bonds. The van der Waals surface area contributed by atoms with Crippen LogP contribution in [0.25, 0.3) is 10.8 Å². The largest absolute Gasteiger partial charge is 0.289 e. The number of rotatable bonds is 0. The number of carbonyl (C=O) groups excluding carboxylic acids is 2. The van der Waals surface area contributed by atoms with Crippen molar-refractivity contribution in [1.82, 2.24) is 0 Å². The number of hydrogen-bond donors (Lipinski definition) is 0. The summed E-state index contributed by atoms with van der Waals surface area (Å²) in [5.74, 6) is -8.30. The normalized spacial score (nSPS) is 14.0. The van der Waals surface area contributed by atoms with E-state index in [1.54, 1.807) is 0 Å². The Kier molecular flexibility index (Phi) is 2.50. The van der Waals surface area contributed by atoms with Crippen LogP contribution in [0, 0.1) is 23.3 Å². The van der Waals surface area contributed by atoms with Gasteiger partial charge in [0.05, 0.1) is 0 Å². The second-order valence-electron chi connectivity index (χ2n) is 4.26. The minimum Gasteiger partial charge on any atom is -0.289 e. The molecule has 3 rings (SSSR count). The fourth-order valence-electron chi connectivity index (χ4n) is 2.13. The van der Waals surface area contributed by atoms with E-state index in [1.165, 1.54) is 0 Å². The van der Waals surface area contributed by atoms with Crippen molar-refractivity contribution < 1.29 is 27.2 Å². The average Bonchev–Trinajstić information content (AvgIpc) is 2.45. The molecule has 0 bridgehead atoms. The molecule has 0 saturated heterocycles. The van der Waals surface area contributed by atoms with Crippen LogP contribution < -0.4 is 0 Å². The zero-order valence-corrected chi connectivity index (χ0v) is 9.64. The van der Waals surface area contributed by atoms with Gasteiger partial charge in [-0.05, 0) is 24.3 Å². The van der Waals surface area contributed by atoms with Gasteiger partial charge < -0.3 is 0 Å². The molecule has 0 heterocycles. The molecule has 0 N–H and O–H groups in total. The number of fused-ring (bicyclic) bond motifs is 2. The quantitative estimate of drug-likeness (QED) is 0.421. The van der Waals surface area contributed by atoms with Gasteiger partial charge in [0.2, 0.25) is 0 Å². The maximum Gasteiger partial charge on any atom is 0.198 e. The molecule has 0 spiro atoms. The highest BCUT2D eigenvalue weighted by molar-refractivity contribution is 6.23. The summed E-state index contributed by atoms with van der Waals surface area (Å²) in [4.78, 5) is 23.2. The van der Waals surface area contributed by atoms with E-state index in [9.17, 15) is 27.2 Å². The van der Waals surface area contributed by atoms with Gasteiger partial charge in [0.1, 0.15) is 0 Å². The maximum atomic E-state index is 13.6. The zero-order valence-electron chi connectivity index (χ0n) is 9.64. The topological polar surface area (TPSA) is 34.1 Å². The first-order valence-corrected chi connectivity index (χ1v) is 5.48. The summed E-state index contributed by atoms with van der Waals surface area (Å²) in [6.45, 7) is 0. The van der Waals surface area contributed by atoms with Gasteiger partial charge in [0, 0.05) is 21.9 Å². The van der Waals surface area contributed by atoms with Crippen LogP contribution in [0.1, 0.15) is 20.7 Å². The predicted octanol–water partition coefficient (Wildman–Crippen LogP) is 3.33. The van der Waals surface area contributed by atoms with Crippen molar-refractivity contribution in [2.24, 2.45) is 0 Å². The Balaban J connectivity index is 2.50. The zero-order chi connectivity index (χ0) is 14.6. The van der Waals surface area contributed by atoms with Crippen LogP contribution in [-0.2, 0) is 0 Å². The molecular weight excluding hydrogens is 276 g/mol. The number of hydrogen-bond acceptors (Lipinski definition) is 2. The summed E-state index contributed by atoms with van der Waals surface area (Å²) >= 11 is 0. The predicted molar refractivity (Wildman–Crippen MR) is 61.6 cm³/mol. The molecule has 1 aliphatic carbocycles. The SMILES string of the molecule is O=C1C=CC(=O)c2cc3c(F)c(F)c(F)c(F)c3cc21. The molecule has 20 heavy (non-hydrogen) atoms. The number of ketones is 2. The fourth-order valence-corrected chi connectivity index (χ4v) is 2.13. The van der Waals surface area contributed by atoms with Crippen LogP contribution >= 0.6 is 0 Å². The van der Waals surface area contributed by atoms with Gasteiger partial charge in [-0.1, -0.05) is 0 Å². The molecule has 0 saturated carbocycles. The minimum atomic E-state index is -1.96. The van der Waals surface area contributed by atoms with E-state index in [4.69, 9.17) is 0 Å². The number of benzene rings is 2. The summed E-state index contributed by atoms with van der Waals surface area (Å²) in [5.41, 5.74) is -0.344. The molecular formula is C14H4F4O2. The Labute approximate surface area is 109 Å². The van der Waals surface area contributed by atoms with E-state index >= 15 is 0 Å². The number of halogens is 4. The summed E-state index contributed by atoms with van der Waals surface area (Å²) in [6, 6.07) is 1.71. The molecule has 2 aromatic carbocycles. The van der Waals surface area contributed by atoms with Crippen molar-refractivity contribution in [3.8, 4) is 0 Å². The van der Waals surface area contributed by atoms with Gasteiger partial charge in [-0.2, -0.15) is 0 Å². The highest BCUT2D eigenvalue weighted by atomic mass is 19.2. The first-order valence-electron chi connectivity index (χ1n) is 5.48. The summed E-state index contributed by atoms with van der Waals surface area (Å²) in [5, 5.41) is -1.17. The van der Waals surface area contributed by atoms with Gasteiger partial charge in [-0.3, -0.25) is 9.59 Å². The van der Waals surface area contributed by atoms with E-state index in [0.29, 0.717) is 0 Å². The summed E-state index contributed by atoms with van der Waals surface area (Å²) < 4.78 is 53.6. The van der Waals surface area contributed by atoms with E-state index in [0.717, 1.165) is 24.3 Å². The van der Waals surface area contributed by atoms with Crippen molar-refractivity contribution >= 4 is 22.3 Å². The molecule has 0 aliphatic heterocycles. The standard InChI is InChI=1S/C14H4F4O2/c15-11-7-3-5-6(10(20)2-1-9(5)19)4-8(7)12(16)14(18)13(11)17/h1-4H. The van der Waals surface area contributed by atoms with Crippen molar-refractivity contribution in [3.63, 3.8) is 0 Å². The highest BCUT2D eigenvalue weighted by Gasteiger charge is 2.25. The lowest BCUT2D eigenvalue weighted by Gasteiger charge is -2.12. The van der Waals surface area contributed by atoms with E-state index in [2.05, 4.69) is 0 Å². The second kappa shape index (κ2) is 4.00. The van der Waals surface area contributed by atoms with Crippen LogP contribution in [0.4, 0.5) is 17.6 Å². The lowest BCUT2D eigenvalue weighted by molar-refractivity contribution is 0.0994. The second-order valence-corrected chi connectivity index (χ2v) is 4.26. The Bertz CT molecular complexity index is 769. The van der Waals surface area contributed by atoms with Gasteiger partial charge >= 0.3 is 0 Å². The minimum absolute atomic E-state index is 0.172. The molecule has 2 nitrogen and oxygen atoms in total. The first kappa shape index (κ1) is 12.5. The molecule has 0 unspecified atom stereocenters. The van der Waals surface area contributed by atoms with E-state index < -0.39 is 45.6 Å². The summed E-state index contributed by atoms with van der Waals surface area (Å²) in [6.07, 6.45) is 1.95. The molecule has 100 valence electrons. The van der Waals surface area contributed by atoms with Crippen LogP contribution in [-0.4, -0.2) is 11.6 Å². The third-order valence-electron chi connectivity index (χ3n) is 3.13. The molecule has 0 aromatic heterocycles. The lowest BCUT2D eigenvalue weighted by Crippen LogP contribution is -2.12. The first-order chi connectivity index (χ1) is 9.41. The van der Waals surface area contributed by atoms with Gasteiger partial charge in [0.25, 0.3) is 0 Å². The molecule has 0 atom stereocenters. The van der Waals surface area contributed by atoms with Crippen molar-refractivity contribution in [3.05, 3.63) is 58.7 Å². The van der Waals surface area contributed by atoms with Crippen LogP contribution in [0.3, 0.4) is 0 Å². The smallest absolute Gasteiger partial charge is 0.198 e. The van der Waals surface area contributed by atoms with Crippen LogP contribution in [0.2, 0.25) is 0 Å². The monoisotopic (exact) mass is 280 g/mol. The van der Waals surface area contributed by atoms with Gasteiger partial charge in [-0.15, -0.1) is 0 Å². The fraction of sp³-hybridized carbons (Fsp3) is 0. The molecule has 0 radical (unpaired) electrons. The van der Waals surface area contributed by atoms with Gasteiger partial charge in [-0.25, -0.2) is 17.6 Å². The molecule has 6 heteroatoms. The average molecular weight is 280 g/mol. The molecule has 2 aromatic rings.